The van der Waals surface area contributed by atoms with Crippen LogP contribution in [0, 0.1) is 0 Å². The summed E-state index contributed by atoms with van der Waals surface area (Å²) in [6, 6.07) is 1.77. The predicted molar refractivity (Wildman–Crippen MR) is 87.4 cm³/mol. The van der Waals surface area contributed by atoms with Crippen LogP contribution in [0.15, 0.2) is 23.6 Å². The summed E-state index contributed by atoms with van der Waals surface area (Å²) in [7, 11) is 0. The van der Waals surface area contributed by atoms with Crippen molar-refractivity contribution in [2.24, 2.45) is 5.11 Å². The number of ether oxygens (including phenoxy) is 1. The van der Waals surface area contributed by atoms with Crippen LogP contribution in [-0.4, -0.2) is 66.0 Å². The first-order chi connectivity index (χ1) is 12.2. The molecule has 0 bridgehead atoms. The molecule has 25 heavy (non-hydrogen) atoms. The monoisotopic (exact) mass is 348 g/mol. The number of carbonyl (C=O) groups excluding carboxylic acids is 1. The second kappa shape index (κ2) is 7.64. The number of anilines is 1. The van der Waals surface area contributed by atoms with Crippen LogP contribution in [0.3, 0.4) is 0 Å². The van der Waals surface area contributed by atoms with Crippen molar-refractivity contribution in [2.45, 2.75) is 25.1 Å². The van der Waals surface area contributed by atoms with E-state index < -0.39 is 5.72 Å². The number of aliphatic hydroxyl groups is 1. The Kier molecular flexibility index (Phi) is 5.32. The summed E-state index contributed by atoms with van der Waals surface area (Å²) in [5.74, 6) is 0.242. The molecule has 2 aliphatic heterocycles. The molecular weight excluding hydrogens is 326 g/mol. The van der Waals surface area contributed by atoms with E-state index in [1.54, 1.807) is 32.8 Å². The second-order valence-electron chi connectivity index (χ2n) is 6.08. The summed E-state index contributed by atoms with van der Waals surface area (Å²) in [4.78, 5) is 23.4. The lowest BCUT2D eigenvalue weighted by atomic mass is 10.1. The molecule has 0 spiro atoms. The second-order valence-corrected chi connectivity index (χ2v) is 6.08. The molecule has 0 aromatic carbocycles. The number of amides is 1. The highest BCUT2D eigenvalue weighted by Crippen LogP contribution is 2.27. The summed E-state index contributed by atoms with van der Waals surface area (Å²) in [5.41, 5.74) is 6.69. The van der Waals surface area contributed by atoms with Crippen LogP contribution in [0.5, 0.6) is 0 Å². The highest BCUT2D eigenvalue weighted by molar-refractivity contribution is 5.87. The van der Waals surface area contributed by atoms with Crippen molar-refractivity contribution in [3.63, 3.8) is 0 Å². The smallest absolute Gasteiger partial charge is 0.378 e. The molecule has 0 radical (unpaired) electrons. The van der Waals surface area contributed by atoms with Crippen molar-refractivity contribution >= 4 is 11.9 Å². The van der Waals surface area contributed by atoms with Gasteiger partial charge in [0.15, 0.2) is 0 Å². The Labute approximate surface area is 145 Å². The molecule has 1 fully saturated rings. The number of nitrogens with zero attached hydrogens (tertiary/aromatic N) is 7. The summed E-state index contributed by atoms with van der Waals surface area (Å²) < 4.78 is 7.07. The Bertz CT molecular complexity index is 673. The third-order valence-electron chi connectivity index (χ3n) is 4.47. The van der Waals surface area contributed by atoms with Gasteiger partial charge in [-0.15, -0.1) is 0 Å². The first-order valence-electron chi connectivity index (χ1n) is 8.39. The fourth-order valence-electron chi connectivity index (χ4n) is 3.21. The molecule has 2 aliphatic rings. The van der Waals surface area contributed by atoms with Gasteiger partial charge in [0.1, 0.15) is 12.7 Å². The van der Waals surface area contributed by atoms with E-state index in [1.165, 1.54) is 0 Å². The van der Waals surface area contributed by atoms with Gasteiger partial charge in [0.05, 0.1) is 26.0 Å². The topological polar surface area (TPSA) is 119 Å². The first kappa shape index (κ1) is 17.4. The van der Waals surface area contributed by atoms with Gasteiger partial charge < -0.3 is 14.7 Å². The van der Waals surface area contributed by atoms with Gasteiger partial charge in [-0.05, 0) is 18.4 Å². The number of azide groups is 1. The molecule has 0 saturated carbocycles. The molecule has 1 atom stereocenters. The molecule has 1 aromatic heterocycles. The average Bonchev–Trinajstić information content (AvgIpc) is 2.94. The van der Waals surface area contributed by atoms with Crippen molar-refractivity contribution in [1.82, 2.24) is 9.88 Å². The molecular formula is C15H22N7O3+. The third kappa shape index (κ3) is 3.51. The van der Waals surface area contributed by atoms with Gasteiger partial charge in [0, 0.05) is 30.6 Å². The van der Waals surface area contributed by atoms with Crippen LogP contribution in [0.4, 0.5) is 5.95 Å². The van der Waals surface area contributed by atoms with Gasteiger partial charge in [0.2, 0.25) is 0 Å². The summed E-state index contributed by atoms with van der Waals surface area (Å²) >= 11 is 0. The summed E-state index contributed by atoms with van der Waals surface area (Å²) in [5, 5.41) is 14.8. The summed E-state index contributed by atoms with van der Waals surface area (Å²) in [6.07, 6.45) is 4.80. The molecule has 1 aromatic rings. The minimum atomic E-state index is -1.66. The zero-order valence-electron chi connectivity index (χ0n) is 14.0. The number of hydrogen-bond acceptors (Lipinski definition) is 6. The lowest BCUT2D eigenvalue weighted by Crippen LogP contribution is -2.61. The van der Waals surface area contributed by atoms with E-state index in [2.05, 4.69) is 15.0 Å². The maximum absolute atomic E-state index is 13.0. The van der Waals surface area contributed by atoms with Crippen LogP contribution >= 0.6 is 0 Å². The van der Waals surface area contributed by atoms with E-state index in [-0.39, 0.29) is 12.5 Å². The standard InChI is InChI=1S/C15H22N7O3/c16-19-18-5-1-2-7-22-14-17-4-3-6-21(14)12-15(22,24)13(23)20-8-10-25-11-9-20/h3-4,6,24H,1-2,5,7-12H2/q+1. The maximum Gasteiger partial charge on any atom is 0.396 e. The zero-order chi connectivity index (χ0) is 17.7. The summed E-state index contributed by atoms with van der Waals surface area (Å²) in [6.45, 7) is 2.88. The number of unbranched alkanes of at least 4 members (excludes halogenated alkanes) is 1. The molecule has 10 nitrogen and oxygen atoms in total. The van der Waals surface area contributed by atoms with Gasteiger partial charge in [-0.25, -0.2) is 9.47 Å². The molecule has 1 unspecified atom stereocenters. The van der Waals surface area contributed by atoms with Gasteiger partial charge >= 0.3 is 5.95 Å². The first-order valence-corrected chi connectivity index (χ1v) is 8.39. The lowest BCUT2D eigenvalue weighted by Gasteiger charge is -2.34. The van der Waals surface area contributed by atoms with Crippen LogP contribution in [0.1, 0.15) is 12.8 Å². The molecule has 1 saturated heterocycles. The Balaban J connectivity index is 1.78. The van der Waals surface area contributed by atoms with Crippen LogP contribution < -0.4 is 9.47 Å². The Morgan fingerprint density at radius 2 is 2.28 bits per heavy atom. The van der Waals surface area contributed by atoms with Crippen LogP contribution in [0.2, 0.25) is 0 Å². The van der Waals surface area contributed by atoms with Gasteiger partial charge in [-0.2, -0.15) is 0 Å². The molecule has 1 N–H and O–H groups in total. The van der Waals surface area contributed by atoms with E-state index in [0.29, 0.717) is 58.2 Å². The maximum atomic E-state index is 13.0. The SMILES string of the molecule is [N-]=[N+]=NCCCCN1c2nccc[n+]2CC1(O)C(=O)N1CCOCC1. The number of aromatic nitrogens is 2. The normalized spacial score (nSPS) is 22.4. The Morgan fingerprint density at radius 3 is 3.04 bits per heavy atom. The van der Waals surface area contributed by atoms with Crippen LogP contribution in [-0.2, 0) is 16.1 Å². The fraction of sp³-hybridized carbons (Fsp3) is 0.667. The van der Waals surface area contributed by atoms with E-state index in [9.17, 15) is 9.90 Å². The third-order valence-corrected chi connectivity index (χ3v) is 4.47. The minimum absolute atomic E-state index is 0.142. The number of fused-ring (bicyclic) bond motifs is 1. The van der Waals surface area contributed by atoms with Crippen molar-refractivity contribution in [3.8, 4) is 0 Å². The number of rotatable bonds is 6. The van der Waals surface area contributed by atoms with Gasteiger partial charge in [0.25, 0.3) is 11.6 Å². The zero-order valence-corrected chi connectivity index (χ0v) is 14.0. The Morgan fingerprint density at radius 1 is 1.48 bits per heavy atom. The van der Waals surface area contributed by atoms with E-state index in [4.69, 9.17) is 10.3 Å². The Hall–Kier alpha value is -2.42. The highest BCUT2D eigenvalue weighted by atomic mass is 16.5. The number of hydrogen-bond donors (Lipinski definition) is 1. The van der Waals surface area contributed by atoms with Gasteiger partial charge in [-0.1, -0.05) is 10.1 Å². The molecule has 0 aliphatic carbocycles. The average molecular weight is 348 g/mol. The molecule has 3 rings (SSSR count). The molecule has 134 valence electrons. The highest BCUT2D eigenvalue weighted by Gasteiger charge is 2.57. The van der Waals surface area contributed by atoms with E-state index in [0.717, 1.165) is 0 Å². The predicted octanol–water partition coefficient (Wildman–Crippen LogP) is -0.173. The van der Waals surface area contributed by atoms with E-state index in [1.807, 2.05) is 0 Å². The van der Waals surface area contributed by atoms with Gasteiger partial charge in [-0.3, -0.25) is 4.79 Å². The molecule has 10 heteroatoms. The number of carbonyl (C=O) groups is 1. The largest absolute Gasteiger partial charge is 0.396 e. The van der Waals surface area contributed by atoms with Crippen molar-refractivity contribution < 1.29 is 19.2 Å². The fourth-order valence-corrected chi connectivity index (χ4v) is 3.21. The quantitative estimate of drug-likeness (QED) is 0.252. The van der Waals surface area contributed by atoms with E-state index >= 15 is 0 Å². The van der Waals surface area contributed by atoms with Crippen molar-refractivity contribution in [1.29, 1.82) is 0 Å². The molecule has 3 heterocycles. The minimum Gasteiger partial charge on any atom is -0.378 e. The van der Waals surface area contributed by atoms with Crippen molar-refractivity contribution in [3.05, 3.63) is 28.9 Å². The van der Waals surface area contributed by atoms with Crippen LogP contribution in [0.25, 0.3) is 10.4 Å². The molecule has 1 amide bonds. The number of morpholine rings is 1. The van der Waals surface area contributed by atoms with Crippen molar-refractivity contribution in [2.75, 3.05) is 44.3 Å². The lowest BCUT2D eigenvalue weighted by molar-refractivity contribution is -0.682.